The van der Waals surface area contributed by atoms with Crippen LogP contribution in [0, 0.1) is 0 Å². The standard InChI is InChI=1S/C21H27N3O2S/c1-15(2)27(25,26)24-19-13-17(21(3,4)5)11-12-18(19)23-20(24)22-14-16-9-7-6-8-10-16/h6-13,15H,14H2,1-5H3,(H,22,23). The maximum absolute atomic E-state index is 13.1. The summed E-state index contributed by atoms with van der Waals surface area (Å²) in [5, 5.41) is 2.66. The molecular formula is C21H27N3O2S. The fraction of sp³-hybridized carbons (Fsp3) is 0.381. The summed E-state index contributed by atoms with van der Waals surface area (Å²) in [5.74, 6) is 0.355. The van der Waals surface area contributed by atoms with Crippen molar-refractivity contribution in [2.75, 3.05) is 5.32 Å². The van der Waals surface area contributed by atoms with Crippen molar-refractivity contribution in [3.8, 4) is 0 Å². The number of hydrogen-bond acceptors (Lipinski definition) is 4. The zero-order chi connectivity index (χ0) is 19.8. The van der Waals surface area contributed by atoms with Crippen LogP contribution in [0.5, 0.6) is 0 Å². The van der Waals surface area contributed by atoms with E-state index in [1.807, 2.05) is 48.5 Å². The van der Waals surface area contributed by atoms with Gasteiger partial charge in [0.15, 0.2) is 0 Å². The highest BCUT2D eigenvalue weighted by molar-refractivity contribution is 7.90. The summed E-state index contributed by atoms with van der Waals surface area (Å²) >= 11 is 0. The van der Waals surface area contributed by atoms with Crippen LogP contribution in [0.2, 0.25) is 0 Å². The molecule has 1 aromatic heterocycles. The highest BCUT2D eigenvalue weighted by Gasteiger charge is 2.26. The largest absolute Gasteiger partial charge is 0.351 e. The predicted octanol–water partition coefficient (Wildman–Crippen LogP) is 4.53. The molecule has 6 heteroatoms. The van der Waals surface area contributed by atoms with Crippen molar-refractivity contribution in [1.29, 1.82) is 0 Å². The summed E-state index contributed by atoms with van der Waals surface area (Å²) < 4.78 is 27.5. The average molecular weight is 386 g/mol. The lowest BCUT2D eigenvalue weighted by Gasteiger charge is -2.19. The lowest BCUT2D eigenvalue weighted by Crippen LogP contribution is -2.24. The van der Waals surface area contributed by atoms with Crippen molar-refractivity contribution in [3.05, 3.63) is 59.7 Å². The molecule has 1 N–H and O–H groups in total. The number of nitrogens with zero attached hydrogens (tertiary/aromatic N) is 2. The first kappa shape index (κ1) is 19.4. The van der Waals surface area contributed by atoms with Gasteiger partial charge in [0.25, 0.3) is 0 Å². The van der Waals surface area contributed by atoms with Crippen molar-refractivity contribution in [2.45, 2.75) is 51.8 Å². The van der Waals surface area contributed by atoms with Gasteiger partial charge in [0.05, 0.1) is 16.3 Å². The molecule has 0 amide bonds. The monoisotopic (exact) mass is 385 g/mol. The number of rotatable bonds is 5. The zero-order valence-corrected chi connectivity index (χ0v) is 17.3. The van der Waals surface area contributed by atoms with E-state index < -0.39 is 15.3 Å². The summed E-state index contributed by atoms with van der Waals surface area (Å²) in [7, 11) is -3.57. The predicted molar refractivity (Wildman–Crippen MR) is 112 cm³/mol. The summed E-state index contributed by atoms with van der Waals surface area (Å²) in [6.07, 6.45) is 0. The second kappa shape index (κ2) is 7.00. The summed E-state index contributed by atoms with van der Waals surface area (Å²) in [6, 6.07) is 15.7. The Kier molecular flexibility index (Phi) is 5.04. The molecule has 3 aromatic rings. The minimum absolute atomic E-state index is 0.0808. The van der Waals surface area contributed by atoms with E-state index in [9.17, 15) is 8.42 Å². The van der Waals surface area contributed by atoms with E-state index in [1.165, 1.54) is 3.97 Å². The Hall–Kier alpha value is -2.34. The molecule has 0 fully saturated rings. The van der Waals surface area contributed by atoms with Crippen LogP contribution in [0.4, 0.5) is 5.95 Å². The first-order chi connectivity index (χ1) is 12.6. The number of aromatic nitrogens is 2. The van der Waals surface area contributed by atoms with Gasteiger partial charge in [-0.1, -0.05) is 57.2 Å². The Morgan fingerprint density at radius 2 is 1.74 bits per heavy atom. The quantitative estimate of drug-likeness (QED) is 0.701. The van der Waals surface area contributed by atoms with Gasteiger partial charge in [-0.3, -0.25) is 0 Å². The number of imidazole rings is 1. The molecule has 27 heavy (non-hydrogen) atoms. The van der Waals surface area contributed by atoms with Crippen LogP contribution in [0.15, 0.2) is 48.5 Å². The zero-order valence-electron chi connectivity index (χ0n) is 16.5. The molecule has 3 rings (SSSR count). The summed E-state index contributed by atoms with van der Waals surface area (Å²) in [6.45, 7) is 10.2. The highest BCUT2D eigenvalue weighted by Crippen LogP contribution is 2.30. The van der Waals surface area contributed by atoms with E-state index in [0.29, 0.717) is 23.5 Å². The van der Waals surface area contributed by atoms with Gasteiger partial charge in [-0.2, -0.15) is 0 Å². The maximum Gasteiger partial charge on any atom is 0.244 e. The van der Waals surface area contributed by atoms with E-state index in [4.69, 9.17) is 0 Å². The Bertz CT molecular complexity index is 1050. The van der Waals surface area contributed by atoms with E-state index in [-0.39, 0.29) is 5.41 Å². The van der Waals surface area contributed by atoms with Gasteiger partial charge in [-0.05, 0) is 42.5 Å². The topological polar surface area (TPSA) is 64.0 Å². The van der Waals surface area contributed by atoms with Crippen LogP contribution >= 0.6 is 0 Å². The van der Waals surface area contributed by atoms with Gasteiger partial charge < -0.3 is 5.32 Å². The van der Waals surface area contributed by atoms with Gasteiger partial charge >= 0.3 is 0 Å². The normalized spacial score (nSPS) is 12.7. The molecule has 0 spiro atoms. The number of anilines is 1. The fourth-order valence-corrected chi connectivity index (χ4v) is 4.07. The van der Waals surface area contributed by atoms with E-state index in [0.717, 1.165) is 11.1 Å². The molecule has 144 valence electrons. The molecule has 0 bridgehead atoms. The second-order valence-corrected chi connectivity index (χ2v) is 10.4. The third-order valence-electron chi connectivity index (χ3n) is 4.62. The smallest absolute Gasteiger partial charge is 0.244 e. The van der Waals surface area contributed by atoms with Crippen molar-refractivity contribution in [1.82, 2.24) is 8.96 Å². The Morgan fingerprint density at radius 1 is 1.07 bits per heavy atom. The molecule has 0 saturated carbocycles. The number of benzene rings is 2. The second-order valence-electron chi connectivity index (χ2n) is 8.09. The van der Waals surface area contributed by atoms with Gasteiger partial charge in [0, 0.05) is 6.54 Å². The van der Waals surface area contributed by atoms with Crippen LogP contribution < -0.4 is 5.32 Å². The third-order valence-corrected chi connectivity index (χ3v) is 6.69. The van der Waals surface area contributed by atoms with Crippen LogP contribution in [0.3, 0.4) is 0 Å². The Morgan fingerprint density at radius 3 is 2.33 bits per heavy atom. The molecule has 0 aliphatic heterocycles. The van der Waals surface area contributed by atoms with Crippen molar-refractivity contribution in [3.63, 3.8) is 0 Å². The minimum Gasteiger partial charge on any atom is -0.351 e. The van der Waals surface area contributed by atoms with Crippen LogP contribution in [0.1, 0.15) is 45.7 Å². The number of hydrogen-bond donors (Lipinski definition) is 1. The molecular weight excluding hydrogens is 358 g/mol. The number of nitrogens with one attached hydrogen (secondary N) is 1. The summed E-state index contributed by atoms with van der Waals surface area (Å²) in [5.41, 5.74) is 3.34. The molecule has 0 saturated heterocycles. The van der Waals surface area contributed by atoms with Crippen LogP contribution in [-0.4, -0.2) is 22.6 Å². The maximum atomic E-state index is 13.1. The molecule has 2 aromatic carbocycles. The van der Waals surface area contributed by atoms with E-state index >= 15 is 0 Å². The van der Waals surface area contributed by atoms with E-state index in [1.54, 1.807) is 13.8 Å². The first-order valence-corrected chi connectivity index (χ1v) is 10.7. The van der Waals surface area contributed by atoms with Crippen molar-refractivity contribution >= 4 is 27.0 Å². The minimum atomic E-state index is -3.57. The molecule has 0 radical (unpaired) electrons. The average Bonchev–Trinajstić information content (AvgIpc) is 2.98. The van der Waals surface area contributed by atoms with Crippen LogP contribution in [0.25, 0.3) is 11.0 Å². The molecule has 0 aliphatic rings. The third kappa shape index (κ3) is 3.86. The molecule has 0 atom stereocenters. The van der Waals surface area contributed by atoms with Gasteiger partial charge in [-0.15, -0.1) is 0 Å². The Labute approximate surface area is 161 Å². The summed E-state index contributed by atoms with van der Waals surface area (Å²) in [4.78, 5) is 4.57. The number of fused-ring (bicyclic) bond motifs is 1. The molecule has 1 heterocycles. The van der Waals surface area contributed by atoms with Crippen LogP contribution in [-0.2, 0) is 22.0 Å². The molecule has 5 nitrogen and oxygen atoms in total. The lowest BCUT2D eigenvalue weighted by atomic mass is 9.87. The van der Waals surface area contributed by atoms with Gasteiger partial charge in [0.1, 0.15) is 0 Å². The molecule has 0 aliphatic carbocycles. The first-order valence-electron chi connectivity index (χ1n) is 9.16. The fourth-order valence-electron chi connectivity index (χ4n) is 2.88. The van der Waals surface area contributed by atoms with Gasteiger partial charge in [-0.25, -0.2) is 17.4 Å². The van der Waals surface area contributed by atoms with Gasteiger partial charge in [0.2, 0.25) is 16.0 Å². The van der Waals surface area contributed by atoms with Crippen molar-refractivity contribution < 1.29 is 8.42 Å². The Balaban J connectivity index is 2.14. The van der Waals surface area contributed by atoms with E-state index in [2.05, 4.69) is 31.1 Å². The van der Waals surface area contributed by atoms with Crippen molar-refractivity contribution in [2.24, 2.45) is 0 Å². The highest BCUT2D eigenvalue weighted by atomic mass is 32.2. The SMILES string of the molecule is CC(C)S(=O)(=O)n1c(NCc2ccccc2)nc2ccc(C(C)(C)C)cc21. The molecule has 0 unspecified atom stereocenters. The lowest BCUT2D eigenvalue weighted by molar-refractivity contribution is 0.579.